The standard InChI is InChI=1S/C23H21NO2S/c1-15-8-10-18(11-9-15)27(25,26)24-14-22-20-7-5-4-6-19(20)21-13-16(2)12-17(3)23(21)22/h4-14,24H,1-3H3/b22-14+. The number of hydrogen-bond acceptors (Lipinski definition) is 2. The molecule has 3 aromatic carbocycles. The quantitative estimate of drug-likeness (QED) is 0.550. The Morgan fingerprint density at radius 3 is 2.15 bits per heavy atom. The first-order chi connectivity index (χ1) is 12.9. The van der Waals surface area contributed by atoms with Gasteiger partial charge >= 0.3 is 0 Å². The molecular weight excluding hydrogens is 354 g/mol. The number of benzene rings is 3. The largest absolute Gasteiger partial charge is 0.286 e. The van der Waals surface area contributed by atoms with Gasteiger partial charge in [0, 0.05) is 11.8 Å². The summed E-state index contributed by atoms with van der Waals surface area (Å²) in [6.45, 7) is 6.08. The van der Waals surface area contributed by atoms with Crippen molar-refractivity contribution >= 4 is 15.6 Å². The van der Waals surface area contributed by atoms with Crippen LogP contribution in [0.25, 0.3) is 16.7 Å². The number of nitrogens with one attached hydrogen (secondary N) is 1. The first kappa shape index (κ1) is 17.6. The Balaban J connectivity index is 1.81. The van der Waals surface area contributed by atoms with Crippen LogP contribution in [-0.2, 0) is 10.0 Å². The van der Waals surface area contributed by atoms with Gasteiger partial charge in [0.1, 0.15) is 0 Å². The molecule has 1 aliphatic carbocycles. The van der Waals surface area contributed by atoms with E-state index in [0.717, 1.165) is 39.0 Å². The maximum absolute atomic E-state index is 12.7. The van der Waals surface area contributed by atoms with Crippen LogP contribution in [0.4, 0.5) is 0 Å². The molecule has 1 aliphatic rings. The summed E-state index contributed by atoms with van der Waals surface area (Å²) in [5.41, 5.74) is 8.71. The van der Waals surface area contributed by atoms with Crippen molar-refractivity contribution in [3.63, 3.8) is 0 Å². The third-order valence-corrected chi connectivity index (χ3v) is 6.27. The molecule has 136 valence electrons. The average molecular weight is 375 g/mol. The molecule has 0 unspecified atom stereocenters. The molecular formula is C23H21NO2S. The van der Waals surface area contributed by atoms with Gasteiger partial charge < -0.3 is 0 Å². The van der Waals surface area contributed by atoms with Gasteiger partial charge in [0.25, 0.3) is 10.0 Å². The Morgan fingerprint density at radius 2 is 1.44 bits per heavy atom. The Bertz CT molecular complexity index is 1170. The van der Waals surface area contributed by atoms with Crippen LogP contribution < -0.4 is 4.72 Å². The first-order valence-electron chi connectivity index (χ1n) is 8.87. The SMILES string of the molecule is Cc1ccc(S(=O)(=O)N/C=C2\c3ccccc3-c3cc(C)cc(C)c32)cc1. The number of fused-ring (bicyclic) bond motifs is 3. The Hall–Kier alpha value is -2.85. The molecule has 0 aliphatic heterocycles. The van der Waals surface area contributed by atoms with Crippen LogP contribution in [0.15, 0.2) is 71.8 Å². The van der Waals surface area contributed by atoms with Crippen molar-refractivity contribution in [2.75, 3.05) is 0 Å². The van der Waals surface area contributed by atoms with E-state index in [9.17, 15) is 8.42 Å². The number of rotatable bonds is 3. The maximum Gasteiger partial charge on any atom is 0.261 e. The van der Waals surface area contributed by atoms with Crippen LogP contribution in [0.2, 0.25) is 0 Å². The molecule has 0 radical (unpaired) electrons. The van der Waals surface area contributed by atoms with Crippen LogP contribution in [-0.4, -0.2) is 8.42 Å². The summed E-state index contributed by atoms with van der Waals surface area (Å²) in [7, 11) is -3.62. The van der Waals surface area contributed by atoms with E-state index < -0.39 is 10.0 Å². The minimum atomic E-state index is -3.62. The summed E-state index contributed by atoms with van der Waals surface area (Å²) >= 11 is 0. The highest BCUT2D eigenvalue weighted by Crippen LogP contribution is 2.45. The van der Waals surface area contributed by atoms with E-state index in [1.807, 2.05) is 25.1 Å². The lowest BCUT2D eigenvalue weighted by Crippen LogP contribution is -2.18. The van der Waals surface area contributed by atoms with Gasteiger partial charge in [-0.05, 0) is 60.7 Å². The van der Waals surface area contributed by atoms with Gasteiger partial charge in [0.15, 0.2) is 0 Å². The monoisotopic (exact) mass is 375 g/mol. The molecule has 0 saturated carbocycles. The summed E-state index contributed by atoms with van der Waals surface area (Å²) in [5, 5.41) is 0. The highest BCUT2D eigenvalue weighted by atomic mass is 32.2. The molecule has 27 heavy (non-hydrogen) atoms. The van der Waals surface area contributed by atoms with Crippen LogP contribution in [0.1, 0.15) is 27.8 Å². The van der Waals surface area contributed by atoms with Gasteiger partial charge in [-0.25, -0.2) is 8.42 Å². The lowest BCUT2D eigenvalue weighted by Gasteiger charge is -2.10. The second-order valence-electron chi connectivity index (χ2n) is 7.04. The van der Waals surface area contributed by atoms with Crippen molar-refractivity contribution in [3.8, 4) is 11.1 Å². The highest BCUT2D eigenvalue weighted by Gasteiger charge is 2.25. The van der Waals surface area contributed by atoms with Gasteiger partial charge in [-0.2, -0.15) is 0 Å². The molecule has 0 saturated heterocycles. The zero-order valence-corrected chi connectivity index (χ0v) is 16.4. The topological polar surface area (TPSA) is 46.2 Å². The Kier molecular flexibility index (Phi) is 4.16. The van der Waals surface area contributed by atoms with Crippen molar-refractivity contribution in [1.29, 1.82) is 0 Å². The second kappa shape index (κ2) is 6.39. The van der Waals surface area contributed by atoms with E-state index in [0.29, 0.717) is 0 Å². The van der Waals surface area contributed by atoms with Crippen molar-refractivity contribution in [2.24, 2.45) is 0 Å². The lowest BCUT2D eigenvalue weighted by atomic mass is 9.97. The van der Waals surface area contributed by atoms with Gasteiger partial charge in [-0.3, -0.25) is 4.72 Å². The van der Waals surface area contributed by atoms with E-state index in [1.165, 1.54) is 5.56 Å². The molecule has 4 rings (SSSR count). The molecule has 0 spiro atoms. The fourth-order valence-electron chi connectivity index (χ4n) is 3.70. The Labute approximate surface area is 160 Å². The van der Waals surface area contributed by atoms with Gasteiger partial charge in [0.2, 0.25) is 0 Å². The maximum atomic E-state index is 12.7. The summed E-state index contributed by atoms with van der Waals surface area (Å²) in [5.74, 6) is 0. The number of sulfonamides is 1. The van der Waals surface area contributed by atoms with E-state index in [4.69, 9.17) is 0 Å². The fraction of sp³-hybridized carbons (Fsp3) is 0.130. The minimum Gasteiger partial charge on any atom is -0.286 e. The molecule has 0 amide bonds. The van der Waals surface area contributed by atoms with Gasteiger partial charge in [0.05, 0.1) is 4.90 Å². The Morgan fingerprint density at radius 1 is 0.778 bits per heavy atom. The van der Waals surface area contributed by atoms with Crippen molar-refractivity contribution in [1.82, 2.24) is 4.72 Å². The van der Waals surface area contributed by atoms with E-state index in [-0.39, 0.29) is 4.90 Å². The van der Waals surface area contributed by atoms with Crippen LogP contribution in [0.5, 0.6) is 0 Å². The zero-order chi connectivity index (χ0) is 19.2. The smallest absolute Gasteiger partial charge is 0.261 e. The first-order valence-corrected chi connectivity index (χ1v) is 10.4. The van der Waals surface area contributed by atoms with Crippen molar-refractivity contribution in [3.05, 3.63) is 94.7 Å². The minimum absolute atomic E-state index is 0.261. The zero-order valence-electron chi connectivity index (χ0n) is 15.6. The van der Waals surface area contributed by atoms with E-state index in [2.05, 4.69) is 36.8 Å². The number of hydrogen-bond donors (Lipinski definition) is 1. The number of aryl methyl sites for hydroxylation is 3. The third kappa shape index (κ3) is 3.06. The molecule has 0 fully saturated rings. The molecule has 0 atom stereocenters. The normalized spacial score (nSPS) is 14.1. The van der Waals surface area contributed by atoms with E-state index in [1.54, 1.807) is 30.5 Å². The summed E-state index contributed by atoms with van der Waals surface area (Å²) in [6, 6.07) is 19.3. The predicted molar refractivity (Wildman–Crippen MR) is 110 cm³/mol. The molecule has 1 N–H and O–H groups in total. The third-order valence-electron chi connectivity index (χ3n) is 4.95. The van der Waals surface area contributed by atoms with Gasteiger partial charge in [-0.1, -0.05) is 59.7 Å². The van der Waals surface area contributed by atoms with Crippen molar-refractivity contribution in [2.45, 2.75) is 25.7 Å². The molecule has 0 bridgehead atoms. The molecule has 3 nitrogen and oxygen atoms in total. The van der Waals surface area contributed by atoms with Crippen LogP contribution in [0.3, 0.4) is 0 Å². The molecule has 0 heterocycles. The predicted octanol–water partition coefficient (Wildman–Crippen LogP) is 4.96. The van der Waals surface area contributed by atoms with Gasteiger partial charge in [-0.15, -0.1) is 0 Å². The average Bonchev–Trinajstić information content (AvgIpc) is 2.95. The van der Waals surface area contributed by atoms with Crippen LogP contribution in [0, 0.1) is 20.8 Å². The summed E-state index contributed by atoms with van der Waals surface area (Å²) in [6.07, 6.45) is 1.63. The lowest BCUT2D eigenvalue weighted by molar-refractivity contribution is 0.590. The molecule has 4 heteroatoms. The van der Waals surface area contributed by atoms with E-state index >= 15 is 0 Å². The highest BCUT2D eigenvalue weighted by molar-refractivity contribution is 7.89. The summed E-state index contributed by atoms with van der Waals surface area (Å²) < 4.78 is 28.1. The molecule has 3 aromatic rings. The van der Waals surface area contributed by atoms with Crippen molar-refractivity contribution < 1.29 is 8.42 Å². The fourth-order valence-corrected chi connectivity index (χ4v) is 4.60. The van der Waals surface area contributed by atoms with Crippen LogP contribution >= 0.6 is 0 Å². The second-order valence-corrected chi connectivity index (χ2v) is 8.76. The molecule has 0 aromatic heterocycles. The summed E-state index contributed by atoms with van der Waals surface area (Å²) in [4.78, 5) is 0.261.